The average Bonchev–Trinajstić information content (AvgIpc) is 2.46. The molecule has 0 spiro atoms. The zero-order valence-corrected chi connectivity index (χ0v) is 14.3. The summed E-state index contributed by atoms with van der Waals surface area (Å²) in [5, 5.41) is 4.28. The number of amides is 1. The van der Waals surface area contributed by atoms with Crippen LogP contribution in [0.5, 0.6) is 0 Å². The maximum absolute atomic E-state index is 12.5. The Morgan fingerprint density at radius 3 is 2.55 bits per heavy atom. The van der Waals surface area contributed by atoms with E-state index in [9.17, 15) is 4.79 Å². The van der Waals surface area contributed by atoms with Gasteiger partial charge in [-0.05, 0) is 39.7 Å². The first-order valence-corrected chi connectivity index (χ1v) is 8.08. The van der Waals surface area contributed by atoms with Crippen molar-refractivity contribution in [3.05, 3.63) is 29.0 Å². The summed E-state index contributed by atoms with van der Waals surface area (Å²) >= 11 is 5.75. The SMILES string of the molecule is CC(C)(C)N(C(=O)OCc1ccc(Cl)nc1)N1CCCCC1. The number of aromatic nitrogens is 1. The van der Waals surface area contributed by atoms with E-state index in [0.717, 1.165) is 31.5 Å². The lowest BCUT2D eigenvalue weighted by atomic mass is 10.1. The minimum Gasteiger partial charge on any atom is -0.444 e. The third-order valence-electron chi connectivity index (χ3n) is 3.57. The molecule has 1 aliphatic rings. The van der Waals surface area contributed by atoms with Crippen molar-refractivity contribution in [1.29, 1.82) is 0 Å². The van der Waals surface area contributed by atoms with Gasteiger partial charge in [-0.1, -0.05) is 24.1 Å². The Kier molecular flexibility index (Phi) is 5.64. The summed E-state index contributed by atoms with van der Waals surface area (Å²) in [6.45, 7) is 8.05. The molecular weight excluding hydrogens is 302 g/mol. The monoisotopic (exact) mass is 325 g/mol. The quantitative estimate of drug-likeness (QED) is 0.791. The third-order valence-corrected chi connectivity index (χ3v) is 3.80. The fraction of sp³-hybridized carbons (Fsp3) is 0.625. The molecule has 1 fully saturated rings. The smallest absolute Gasteiger partial charge is 0.425 e. The molecule has 0 radical (unpaired) electrons. The van der Waals surface area contributed by atoms with E-state index in [1.807, 2.05) is 26.8 Å². The van der Waals surface area contributed by atoms with Crippen molar-refractivity contribution in [1.82, 2.24) is 15.0 Å². The van der Waals surface area contributed by atoms with E-state index in [1.165, 1.54) is 6.42 Å². The van der Waals surface area contributed by atoms with Crippen LogP contribution in [0.3, 0.4) is 0 Å². The Bertz CT molecular complexity index is 493. The van der Waals surface area contributed by atoms with E-state index < -0.39 is 0 Å². The highest BCUT2D eigenvalue weighted by molar-refractivity contribution is 6.29. The molecule has 0 unspecified atom stereocenters. The minimum atomic E-state index is -0.315. The molecular formula is C16H24ClN3O2. The maximum atomic E-state index is 12.5. The minimum absolute atomic E-state index is 0.198. The van der Waals surface area contributed by atoms with Crippen LogP contribution in [-0.4, -0.2) is 39.7 Å². The van der Waals surface area contributed by atoms with E-state index in [1.54, 1.807) is 17.3 Å². The van der Waals surface area contributed by atoms with Gasteiger partial charge in [0.2, 0.25) is 0 Å². The number of hydrogen-bond acceptors (Lipinski definition) is 4. The van der Waals surface area contributed by atoms with Gasteiger partial charge in [-0.15, -0.1) is 0 Å². The van der Waals surface area contributed by atoms with Gasteiger partial charge < -0.3 is 4.74 Å². The predicted octanol–water partition coefficient (Wildman–Crippen LogP) is 3.87. The summed E-state index contributed by atoms with van der Waals surface area (Å²) in [5.74, 6) is 0. The zero-order valence-electron chi connectivity index (χ0n) is 13.5. The number of hydrazine groups is 1. The number of ether oxygens (including phenoxy) is 1. The van der Waals surface area contributed by atoms with Crippen LogP contribution in [0.1, 0.15) is 45.6 Å². The van der Waals surface area contributed by atoms with Crippen LogP contribution in [0, 0.1) is 0 Å². The molecule has 2 rings (SSSR count). The number of piperidine rings is 1. The van der Waals surface area contributed by atoms with E-state index >= 15 is 0 Å². The molecule has 0 saturated carbocycles. The summed E-state index contributed by atoms with van der Waals surface area (Å²) in [7, 11) is 0. The molecule has 1 aromatic heterocycles. The summed E-state index contributed by atoms with van der Waals surface area (Å²) in [6, 6.07) is 3.50. The van der Waals surface area contributed by atoms with Gasteiger partial charge in [-0.25, -0.2) is 19.8 Å². The molecule has 0 bridgehead atoms. The average molecular weight is 326 g/mol. The number of rotatable bonds is 3. The molecule has 6 heteroatoms. The van der Waals surface area contributed by atoms with Crippen LogP contribution in [0.4, 0.5) is 4.79 Å². The van der Waals surface area contributed by atoms with Crippen LogP contribution < -0.4 is 0 Å². The van der Waals surface area contributed by atoms with Crippen molar-refractivity contribution < 1.29 is 9.53 Å². The van der Waals surface area contributed by atoms with Crippen molar-refractivity contribution in [3.63, 3.8) is 0 Å². The normalized spacial score (nSPS) is 16.4. The molecule has 122 valence electrons. The molecule has 0 aliphatic carbocycles. The second kappa shape index (κ2) is 7.29. The van der Waals surface area contributed by atoms with Gasteiger partial charge in [0, 0.05) is 24.8 Å². The van der Waals surface area contributed by atoms with Crippen molar-refractivity contribution in [2.24, 2.45) is 0 Å². The molecule has 0 N–H and O–H groups in total. The number of hydrogen-bond donors (Lipinski definition) is 0. The Morgan fingerprint density at radius 2 is 2.00 bits per heavy atom. The highest BCUT2D eigenvalue weighted by Crippen LogP contribution is 2.22. The highest BCUT2D eigenvalue weighted by atomic mass is 35.5. The first kappa shape index (κ1) is 17.0. The van der Waals surface area contributed by atoms with Gasteiger partial charge in [-0.2, -0.15) is 0 Å². The largest absolute Gasteiger partial charge is 0.444 e. The van der Waals surface area contributed by atoms with E-state index in [4.69, 9.17) is 16.3 Å². The van der Waals surface area contributed by atoms with Crippen molar-refractivity contribution in [2.45, 2.75) is 52.2 Å². The molecule has 0 aromatic carbocycles. The van der Waals surface area contributed by atoms with Gasteiger partial charge >= 0.3 is 6.09 Å². The second-order valence-electron chi connectivity index (χ2n) is 6.54. The van der Waals surface area contributed by atoms with Crippen molar-refractivity contribution in [2.75, 3.05) is 13.1 Å². The lowest BCUT2D eigenvalue weighted by Gasteiger charge is -2.44. The molecule has 1 aliphatic heterocycles. The van der Waals surface area contributed by atoms with Gasteiger partial charge in [0.15, 0.2) is 0 Å². The fourth-order valence-electron chi connectivity index (χ4n) is 2.59. The lowest BCUT2D eigenvalue weighted by molar-refractivity contribution is -0.0857. The van der Waals surface area contributed by atoms with Crippen molar-refractivity contribution in [3.8, 4) is 0 Å². The Hall–Kier alpha value is -1.33. The topological polar surface area (TPSA) is 45.7 Å². The Morgan fingerprint density at radius 1 is 1.32 bits per heavy atom. The Labute approximate surface area is 137 Å². The van der Waals surface area contributed by atoms with E-state index in [-0.39, 0.29) is 18.2 Å². The van der Waals surface area contributed by atoms with Crippen LogP contribution in [0.25, 0.3) is 0 Å². The first-order valence-electron chi connectivity index (χ1n) is 7.70. The van der Waals surface area contributed by atoms with Crippen LogP contribution >= 0.6 is 11.6 Å². The highest BCUT2D eigenvalue weighted by Gasteiger charge is 2.33. The molecule has 5 nitrogen and oxygen atoms in total. The van der Waals surface area contributed by atoms with Crippen LogP contribution in [0.2, 0.25) is 5.15 Å². The van der Waals surface area contributed by atoms with Gasteiger partial charge in [0.05, 0.1) is 5.54 Å². The van der Waals surface area contributed by atoms with E-state index in [0.29, 0.717) is 5.15 Å². The molecule has 1 aromatic rings. The van der Waals surface area contributed by atoms with Gasteiger partial charge in [0.25, 0.3) is 0 Å². The number of carbonyl (C=O) groups is 1. The first-order chi connectivity index (χ1) is 10.4. The predicted molar refractivity (Wildman–Crippen MR) is 86.4 cm³/mol. The standard InChI is InChI=1S/C16H24ClN3O2/c1-16(2,3)20(19-9-5-4-6-10-19)15(21)22-12-13-7-8-14(17)18-11-13/h7-8,11H,4-6,9-10,12H2,1-3H3. The van der Waals surface area contributed by atoms with Gasteiger partial charge in [0.1, 0.15) is 11.8 Å². The molecule has 1 saturated heterocycles. The molecule has 2 heterocycles. The lowest BCUT2D eigenvalue weighted by Crippen LogP contribution is -2.57. The third kappa shape index (κ3) is 4.58. The summed E-state index contributed by atoms with van der Waals surface area (Å²) in [4.78, 5) is 16.5. The number of carbonyl (C=O) groups excluding carboxylic acids is 1. The zero-order chi connectivity index (χ0) is 16.2. The number of nitrogens with zero attached hydrogens (tertiary/aromatic N) is 3. The van der Waals surface area contributed by atoms with Crippen LogP contribution in [-0.2, 0) is 11.3 Å². The second-order valence-corrected chi connectivity index (χ2v) is 6.93. The van der Waals surface area contributed by atoms with Gasteiger partial charge in [-0.3, -0.25) is 0 Å². The molecule has 1 amide bonds. The fourth-order valence-corrected chi connectivity index (χ4v) is 2.70. The molecule has 22 heavy (non-hydrogen) atoms. The molecule has 0 atom stereocenters. The van der Waals surface area contributed by atoms with Crippen molar-refractivity contribution >= 4 is 17.7 Å². The Balaban J connectivity index is 2.00. The maximum Gasteiger partial charge on any atom is 0.425 e. The summed E-state index contributed by atoms with van der Waals surface area (Å²) in [6.07, 6.45) is 4.75. The summed E-state index contributed by atoms with van der Waals surface area (Å²) < 4.78 is 5.47. The number of pyridine rings is 1. The summed E-state index contributed by atoms with van der Waals surface area (Å²) in [5.41, 5.74) is 0.511. The van der Waals surface area contributed by atoms with E-state index in [2.05, 4.69) is 9.99 Å². The van der Waals surface area contributed by atoms with Crippen LogP contribution in [0.15, 0.2) is 18.3 Å². The number of halogens is 1.